The Bertz CT molecular complexity index is 883. The zero-order chi connectivity index (χ0) is 20.1. The number of nitrogens with zero attached hydrogens (tertiary/aromatic N) is 1. The smallest absolute Gasteiger partial charge is 0.0375 e. The van der Waals surface area contributed by atoms with E-state index >= 15 is 0 Å². The highest BCUT2D eigenvalue weighted by Crippen LogP contribution is 2.37. The largest absolute Gasteiger partial charge is 0.380 e. The third-order valence-electron chi connectivity index (χ3n) is 6.02. The number of nitrogens with one attached hydrogen (secondary N) is 1. The molecule has 0 unspecified atom stereocenters. The molecule has 0 radical (unpaired) electrons. The lowest BCUT2D eigenvalue weighted by atomic mass is 9.74. The molecule has 2 nitrogen and oxygen atoms in total. The summed E-state index contributed by atoms with van der Waals surface area (Å²) in [5.41, 5.74) is 8.58. The standard InChI is InChI=1S/C26H32N2/c1-6-26(15-8-16-26)28-21(5)24-12-9-19(3)25(18-24)23-13-10-22(11-14-23)17-20(4)27-7-2/h7,9-10,12-14,17-18,28H,2,5-6,8,11,15-16H2,1,3-4H3/b22-17-,27-20-. The van der Waals surface area contributed by atoms with Gasteiger partial charge in [0.1, 0.15) is 0 Å². The Morgan fingerprint density at radius 3 is 2.64 bits per heavy atom. The van der Waals surface area contributed by atoms with Gasteiger partial charge in [0.05, 0.1) is 0 Å². The first-order chi connectivity index (χ1) is 13.5. The molecule has 1 fully saturated rings. The van der Waals surface area contributed by atoms with Crippen LogP contribution in [0.1, 0.15) is 62.6 Å². The molecule has 0 saturated heterocycles. The minimum atomic E-state index is 0.261. The van der Waals surface area contributed by atoms with Crippen molar-refractivity contribution in [1.29, 1.82) is 0 Å². The van der Waals surface area contributed by atoms with Crippen LogP contribution < -0.4 is 5.32 Å². The molecule has 0 aromatic heterocycles. The van der Waals surface area contributed by atoms with Gasteiger partial charge in [0.2, 0.25) is 0 Å². The monoisotopic (exact) mass is 372 g/mol. The summed E-state index contributed by atoms with van der Waals surface area (Å²) in [7, 11) is 0. The molecule has 146 valence electrons. The van der Waals surface area contributed by atoms with E-state index in [1.807, 2.05) is 6.92 Å². The van der Waals surface area contributed by atoms with Crippen LogP contribution in [0.3, 0.4) is 0 Å². The lowest BCUT2D eigenvalue weighted by Gasteiger charge is -2.43. The minimum absolute atomic E-state index is 0.261. The van der Waals surface area contributed by atoms with Gasteiger partial charge in [-0.05, 0) is 85.9 Å². The molecular formula is C26H32N2. The zero-order valence-electron chi connectivity index (χ0n) is 17.5. The van der Waals surface area contributed by atoms with E-state index in [0.717, 1.165) is 24.3 Å². The van der Waals surface area contributed by atoms with Crippen LogP contribution in [0.15, 0.2) is 72.4 Å². The van der Waals surface area contributed by atoms with Gasteiger partial charge in [-0.2, -0.15) is 0 Å². The Balaban J connectivity index is 1.78. The van der Waals surface area contributed by atoms with Gasteiger partial charge in [0, 0.05) is 23.1 Å². The van der Waals surface area contributed by atoms with Crippen LogP contribution >= 0.6 is 0 Å². The van der Waals surface area contributed by atoms with Crippen LogP contribution in [-0.2, 0) is 0 Å². The normalized spacial score (nSPS) is 19.8. The predicted octanol–water partition coefficient (Wildman–Crippen LogP) is 6.76. The highest BCUT2D eigenvalue weighted by atomic mass is 15.0. The van der Waals surface area contributed by atoms with Gasteiger partial charge in [-0.15, -0.1) is 0 Å². The molecule has 0 bridgehead atoms. The van der Waals surface area contributed by atoms with Crippen molar-refractivity contribution in [3.8, 4) is 0 Å². The second-order valence-electron chi connectivity index (χ2n) is 7.99. The molecule has 0 amide bonds. The predicted molar refractivity (Wildman–Crippen MR) is 123 cm³/mol. The van der Waals surface area contributed by atoms with E-state index in [0.29, 0.717) is 0 Å². The van der Waals surface area contributed by atoms with Gasteiger partial charge in [-0.1, -0.05) is 50.4 Å². The van der Waals surface area contributed by atoms with Gasteiger partial charge in [0.25, 0.3) is 0 Å². The summed E-state index contributed by atoms with van der Waals surface area (Å²) >= 11 is 0. The van der Waals surface area contributed by atoms with Gasteiger partial charge < -0.3 is 5.32 Å². The van der Waals surface area contributed by atoms with Crippen LogP contribution in [0.5, 0.6) is 0 Å². The number of hydrogen-bond donors (Lipinski definition) is 1. The number of allylic oxidation sites excluding steroid dienone is 6. The van der Waals surface area contributed by atoms with E-state index < -0.39 is 0 Å². The van der Waals surface area contributed by atoms with Crippen LogP contribution in [0.4, 0.5) is 0 Å². The molecule has 0 atom stereocenters. The molecule has 1 N–H and O–H groups in total. The lowest BCUT2D eigenvalue weighted by molar-refractivity contribution is 0.205. The third kappa shape index (κ3) is 4.44. The molecule has 28 heavy (non-hydrogen) atoms. The topological polar surface area (TPSA) is 24.4 Å². The fourth-order valence-electron chi connectivity index (χ4n) is 4.00. The molecule has 2 heteroatoms. The third-order valence-corrected chi connectivity index (χ3v) is 6.02. The molecule has 1 aromatic carbocycles. The molecular weight excluding hydrogens is 340 g/mol. The molecule has 1 saturated carbocycles. The molecule has 2 aliphatic rings. The Labute approximate surface area is 170 Å². The average molecular weight is 373 g/mol. The second kappa shape index (κ2) is 8.60. The van der Waals surface area contributed by atoms with Gasteiger partial charge in [0.15, 0.2) is 0 Å². The van der Waals surface area contributed by atoms with E-state index in [1.54, 1.807) is 6.20 Å². The summed E-state index contributed by atoms with van der Waals surface area (Å²) in [5.74, 6) is 0. The van der Waals surface area contributed by atoms with Crippen molar-refractivity contribution < 1.29 is 0 Å². The Kier molecular flexibility index (Phi) is 6.18. The maximum atomic E-state index is 4.34. The van der Waals surface area contributed by atoms with E-state index in [1.165, 1.54) is 47.1 Å². The SMILES string of the molecule is C=C/N=C(C)\C=C1\C=CC(c2cc(C(=C)NC3(CC)CCC3)ccc2C)=CC1. The fourth-order valence-corrected chi connectivity index (χ4v) is 4.00. The van der Waals surface area contributed by atoms with Crippen molar-refractivity contribution in [2.75, 3.05) is 0 Å². The first-order valence-corrected chi connectivity index (χ1v) is 10.3. The quantitative estimate of drug-likeness (QED) is 0.525. The average Bonchev–Trinajstić information content (AvgIpc) is 2.66. The van der Waals surface area contributed by atoms with E-state index in [2.05, 4.69) is 79.8 Å². The zero-order valence-corrected chi connectivity index (χ0v) is 17.5. The number of hydrogen-bond acceptors (Lipinski definition) is 2. The molecule has 1 aromatic rings. The summed E-state index contributed by atoms with van der Waals surface area (Å²) in [4.78, 5) is 4.22. The highest BCUT2D eigenvalue weighted by Gasteiger charge is 2.35. The number of aliphatic imine (C=N–C) groups is 1. The lowest BCUT2D eigenvalue weighted by Crippen LogP contribution is -2.49. The van der Waals surface area contributed by atoms with Crippen molar-refractivity contribution in [1.82, 2.24) is 5.32 Å². The number of rotatable bonds is 7. The Hall–Kier alpha value is -2.61. The fraction of sp³-hybridized carbons (Fsp3) is 0.346. The van der Waals surface area contributed by atoms with Gasteiger partial charge >= 0.3 is 0 Å². The van der Waals surface area contributed by atoms with Crippen molar-refractivity contribution in [2.45, 2.75) is 58.4 Å². The first kappa shape index (κ1) is 20.1. The summed E-state index contributed by atoms with van der Waals surface area (Å²) in [6.07, 6.45) is 16.3. The van der Waals surface area contributed by atoms with E-state index in [4.69, 9.17) is 0 Å². The summed E-state index contributed by atoms with van der Waals surface area (Å²) in [5, 5.41) is 3.72. The van der Waals surface area contributed by atoms with Crippen molar-refractivity contribution >= 4 is 17.0 Å². The molecule has 3 rings (SSSR count). The maximum absolute atomic E-state index is 4.34. The van der Waals surface area contributed by atoms with E-state index in [-0.39, 0.29) is 5.54 Å². The molecule has 0 heterocycles. The summed E-state index contributed by atoms with van der Waals surface area (Å²) in [6, 6.07) is 6.67. The van der Waals surface area contributed by atoms with Gasteiger partial charge in [-0.3, -0.25) is 4.99 Å². The van der Waals surface area contributed by atoms with Crippen LogP contribution in [-0.4, -0.2) is 11.3 Å². The van der Waals surface area contributed by atoms with Crippen LogP contribution in [0.2, 0.25) is 0 Å². The second-order valence-corrected chi connectivity index (χ2v) is 7.99. The number of benzene rings is 1. The minimum Gasteiger partial charge on any atom is -0.380 e. The van der Waals surface area contributed by atoms with Crippen LogP contribution in [0, 0.1) is 6.92 Å². The van der Waals surface area contributed by atoms with Gasteiger partial charge in [-0.25, -0.2) is 0 Å². The summed E-state index contributed by atoms with van der Waals surface area (Å²) < 4.78 is 0. The Morgan fingerprint density at radius 1 is 1.29 bits per heavy atom. The highest BCUT2D eigenvalue weighted by molar-refractivity contribution is 5.94. The Morgan fingerprint density at radius 2 is 2.07 bits per heavy atom. The van der Waals surface area contributed by atoms with E-state index in [9.17, 15) is 0 Å². The number of aryl methyl sites for hydroxylation is 1. The molecule has 2 aliphatic carbocycles. The van der Waals surface area contributed by atoms with Crippen molar-refractivity contribution in [3.63, 3.8) is 0 Å². The first-order valence-electron chi connectivity index (χ1n) is 10.3. The van der Waals surface area contributed by atoms with Crippen molar-refractivity contribution in [3.05, 3.63) is 84.1 Å². The molecule has 0 spiro atoms. The summed E-state index contributed by atoms with van der Waals surface area (Å²) in [6.45, 7) is 14.4. The van der Waals surface area contributed by atoms with Crippen molar-refractivity contribution in [2.24, 2.45) is 4.99 Å². The van der Waals surface area contributed by atoms with Crippen LogP contribution in [0.25, 0.3) is 11.3 Å². The maximum Gasteiger partial charge on any atom is 0.0375 e. The molecule has 0 aliphatic heterocycles.